The van der Waals surface area contributed by atoms with Crippen molar-refractivity contribution in [2.75, 3.05) is 20.3 Å². The summed E-state index contributed by atoms with van der Waals surface area (Å²) in [7, 11) is 1.43. The van der Waals surface area contributed by atoms with E-state index in [1.54, 1.807) is 0 Å². The first-order valence-corrected chi connectivity index (χ1v) is 6.11. The summed E-state index contributed by atoms with van der Waals surface area (Å²) in [6.07, 6.45) is 2.52. The normalized spacial score (nSPS) is 20.2. The fourth-order valence-corrected chi connectivity index (χ4v) is 2.54. The van der Waals surface area contributed by atoms with Crippen LogP contribution in [0.3, 0.4) is 0 Å². The summed E-state index contributed by atoms with van der Waals surface area (Å²) in [5.74, 6) is 0.697. The Hall–Kier alpha value is -1.49. The summed E-state index contributed by atoms with van der Waals surface area (Å²) < 4.78 is 30.5. The second-order valence-corrected chi connectivity index (χ2v) is 4.80. The van der Waals surface area contributed by atoms with E-state index >= 15 is 0 Å². The number of halogens is 1. The van der Waals surface area contributed by atoms with E-state index in [0.717, 1.165) is 19.3 Å². The first-order chi connectivity index (χ1) is 8.65. The highest BCUT2D eigenvalue weighted by Crippen LogP contribution is 2.50. The lowest BCUT2D eigenvalue weighted by Crippen LogP contribution is -2.44. The van der Waals surface area contributed by atoms with Crippen LogP contribution in [0.25, 0.3) is 0 Å². The molecule has 0 unspecified atom stereocenters. The number of hydrogen-bond acceptors (Lipinski definition) is 4. The molecule has 0 spiro atoms. The topological polar surface area (TPSA) is 53.7 Å². The van der Waals surface area contributed by atoms with Crippen molar-refractivity contribution in [2.45, 2.75) is 24.8 Å². The molecule has 1 aromatic carbocycles. The van der Waals surface area contributed by atoms with Crippen molar-refractivity contribution in [3.8, 4) is 17.2 Å². The van der Waals surface area contributed by atoms with Crippen molar-refractivity contribution in [2.24, 2.45) is 5.73 Å². The van der Waals surface area contributed by atoms with Crippen LogP contribution in [0.2, 0.25) is 0 Å². The Kier molecular flexibility index (Phi) is 2.59. The van der Waals surface area contributed by atoms with Crippen LogP contribution in [0, 0.1) is 5.82 Å². The van der Waals surface area contributed by atoms with Gasteiger partial charge >= 0.3 is 0 Å². The summed E-state index contributed by atoms with van der Waals surface area (Å²) in [5.41, 5.74) is 6.00. The molecule has 1 aliphatic carbocycles. The lowest BCUT2D eigenvalue weighted by molar-refractivity contribution is 0.155. The minimum atomic E-state index is -0.649. The van der Waals surface area contributed by atoms with Crippen LogP contribution < -0.4 is 19.9 Å². The molecule has 1 aliphatic heterocycles. The molecule has 0 saturated heterocycles. The molecule has 3 rings (SSSR count). The first-order valence-electron chi connectivity index (χ1n) is 6.11. The van der Waals surface area contributed by atoms with Crippen LogP contribution in [0.15, 0.2) is 6.07 Å². The number of hydrogen-bond donors (Lipinski definition) is 1. The number of methoxy groups -OCH3 is 1. The molecule has 0 bridgehead atoms. The number of ether oxygens (including phenoxy) is 3. The summed E-state index contributed by atoms with van der Waals surface area (Å²) in [6.45, 7) is 0.876. The van der Waals surface area contributed by atoms with Gasteiger partial charge in [0.1, 0.15) is 13.2 Å². The highest BCUT2D eigenvalue weighted by atomic mass is 19.1. The van der Waals surface area contributed by atoms with Gasteiger partial charge in [-0.2, -0.15) is 0 Å². The van der Waals surface area contributed by atoms with Gasteiger partial charge in [0.25, 0.3) is 0 Å². The maximum absolute atomic E-state index is 14.4. The fraction of sp³-hybridized carbons (Fsp3) is 0.538. The Labute approximate surface area is 105 Å². The van der Waals surface area contributed by atoms with Crippen molar-refractivity contribution in [3.63, 3.8) is 0 Å². The van der Waals surface area contributed by atoms with Crippen molar-refractivity contribution >= 4 is 0 Å². The molecule has 2 N–H and O–H groups in total. The van der Waals surface area contributed by atoms with E-state index in [2.05, 4.69) is 0 Å². The second-order valence-electron chi connectivity index (χ2n) is 4.80. The van der Waals surface area contributed by atoms with E-state index in [0.29, 0.717) is 30.3 Å². The molecule has 1 aromatic rings. The number of benzene rings is 1. The van der Waals surface area contributed by atoms with Crippen LogP contribution in [0.5, 0.6) is 17.2 Å². The van der Waals surface area contributed by atoms with E-state index in [9.17, 15) is 4.39 Å². The van der Waals surface area contributed by atoms with Gasteiger partial charge in [0, 0.05) is 11.6 Å². The average molecular weight is 253 g/mol. The summed E-state index contributed by atoms with van der Waals surface area (Å²) in [6, 6.07) is 1.52. The zero-order valence-corrected chi connectivity index (χ0v) is 10.3. The van der Waals surface area contributed by atoms with Crippen LogP contribution in [-0.2, 0) is 5.54 Å². The Bertz CT molecular complexity index is 486. The minimum Gasteiger partial charge on any atom is -0.494 e. The average Bonchev–Trinajstić information content (AvgIpc) is 2.35. The van der Waals surface area contributed by atoms with Crippen molar-refractivity contribution in [1.82, 2.24) is 0 Å². The number of rotatable bonds is 2. The van der Waals surface area contributed by atoms with Gasteiger partial charge in [-0.1, -0.05) is 0 Å². The minimum absolute atomic E-state index is 0.158. The third kappa shape index (κ3) is 1.54. The Morgan fingerprint density at radius 3 is 2.67 bits per heavy atom. The van der Waals surface area contributed by atoms with Crippen molar-refractivity contribution < 1.29 is 18.6 Å². The Morgan fingerprint density at radius 2 is 2.06 bits per heavy atom. The summed E-state index contributed by atoms with van der Waals surface area (Å²) in [4.78, 5) is 0. The zero-order chi connectivity index (χ0) is 12.8. The molecular formula is C13H16FNO3. The monoisotopic (exact) mass is 253 g/mol. The maximum atomic E-state index is 14.4. The standard InChI is InChI=1S/C13H16FNO3/c1-16-8-7-9-12(18-6-5-17-9)10(11(8)14)13(15)3-2-4-13/h7H,2-6,15H2,1H3. The van der Waals surface area contributed by atoms with Gasteiger partial charge in [-0.25, -0.2) is 4.39 Å². The van der Waals surface area contributed by atoms with Crippen LogP contribution in [0.1, 0.15) is 24.8 Å². The SMILES string of the molecule is COc1cc2c(c(C3(N)CCC3)c1F)OCCO2. The van der Waals surface area contributed by atoms with Gasteiger partial charge in [0.05, 0.1) is 12.7 Å². The smallest absolute Gasteiger partial charge is 0.174 e. The third-order valence-corrected chi connectivity index (χ3v) is 3.70. The van der Waals surface area contributed by atoms with Gasteiger partial charge in [-0.05, 0) is 19.3 Å². The second kappa shape index (κ2) is 4.02. The molecule has 4 nitrogen and oxygen atoms in total. The molecule has 5 heteroatoms. The first kappa shape index (κ1) is 11.6. The van der Waals surface area contributed by atoms with Crippen molar-refractivity contribution in [1.29, 1.82) is 0 Å². The highest BCUT2D eigenvalue weighted by Gasteiger charge is 2.42. The van der Waals surface area contributed by atoms with Gasteiger partial charge in [-0.3, -0.25) is 0 Å². The molecule has 1 heterocycles. The van der Waals surface area contributed by atoms with Gasteiger partial charge in [0.2, 0.25) is 0 Å². The lowest BCUT2D eigenvalue weighted by atomic mass is 9.72. The lowest BCUT2D eigenvalue weighted by Gasteiger charge is -2.40. The molecule has 0 amide bonds. The molecule has 98 valence electrons. The molecular weight excluding hydrogens is 237 g/mol. The van der Waals surface area contributed by atoms with Crippen LogP contribution >= 0.6 is 0 Å². The van der Waals surface area contributed by atoms with Gasteiger partial charge < -0.3 is 19.9 Å². The van der Waals surface area contributed by atoms with Gasteiger partial charge in [0.15, 0.2) is 23.1 Å². The Morgan fingerprint density at radius 1 is 1.33 bits per heavy atom. The van der Waals surface area contributed by atoms with E-state index < -0.39 is 11.4 Å². The molecule has 0 radical (unpaired) electrons. The largest absolute Gasteiger partial charge is 0.494 e. The predicted molar refractivity (Wildman–Crippen MR) is 63.7 cm³/mol. The number of nitrogens with two attached hydrogens (primary N) is 1. The molecule has 1 fully saturated rings. The molecule has 18 heavy (non-hydrogen) atoms. The quantitative estimate of drug-likeness (QED) is 0.875. The molecule has 2 aliphatic rings. The van der Waals surface area contributed by atoms with E-state index in [1.807, 2.05) is 0 Å². The molecule has 1 saturated carbocycles. The van der Waals surface area contributed by atoms with Crippen molar-refractivity contribution in [3.05, 3.63) is 17.4 Å². The van der Waals surface area contributed by atoms with Crippen LogP contribution in [0.4, 0.5) is 4.39 Å². The van der Waals surface area contributed by atoms with Crippen LogP contribution in [-0.4, -0.2) is 20.3 Å². The predicted octanol–water partition coefficient (Wildman–Crippen LogP) is 1.94. The number of fused-ring (bicyclic) bond motifs is 1. The highest BCUT2D eigenvalue weighted by molar-refractivity contribution is 5.56. The molecule has 0 atom stereocenters. The Balaban J connectivity index is 2.20. The van der Waals surface area contributed by atoms with Gasteiger partial charge in [-0.15, -0.1) is 0 Å². The summed E-state index contributed by atoms with van der Waals surface area (Å²) >= 11 is 0. The molecule has 0 aromatic heterocycles. The van der Waals surface area contributed by atoms with E-state index in [1.165, 1.54) is 13.2 Å². The summed E-state index contributed by atoms with van der Waals surface area (Å²) in [5, 5.41) is 0. The fourth-order valence-electron chi connectivity index (χ4n) is 2.54. The maximum Gasteiger partial charge on any atom is 0.174 e. The van der Waals surface area contributed by atoms with E-state index in [-0.39, 0.29) is 5.75 Å². The zero-order valence-electron chi connectivity index (χ0n) is 10.3. The van der Waals surface area contributed by atoms with E-state index in [4.69, 9.17) is 19.9 Å². The third-order valence-electron chi connectivity index (χ3n) is 3.70.